The van der Waals surface area contributed by atoms with E-state index < -0.39 is 5.97 Å². The summed E-state index contributed by atoms with van der Waals surface area (Å²) in [5, 5.41) is 0.657. The lowest BCUT2D eigenvalue weighted by molar-refractivity contribution is -0.134. The number of hydrogen-bond acceptors (Lipinski definition) is 4. The van der Waals surface area contributed by atoms with Gasteiger partial charge >= 0.3 is 5.97 Å². The summed E-state index contributed by atoms with van der Waals surface area (Å²) in [5.74, 6) is 0.801. The summed E-state index contributed by atoms with van der Waals surface area (Å²) >= 11 is 8.31. The van der Waals surface area contributed by atoms with Crippen molar-refractivity contribution in [1.82, 2.24) is 0 Å². The van der Waals surface area contributed by atoms with Gasteiger partial charge in [-0.3, -0.25) is 0 Å². The van der Waals surface area contributed by atoms with Gasteiger partial charge in [-0.25, -0.2) is 4.79 Å². The first-order valence-electron chi connectivity index (χ1n) is 7.05. The Hall–Kier alpha value is -1.73. The van der Waals surface area contributed by atoms with Crippen LogP contribution in [0, 0.1) is 3.57 Å². The van der Waals surface area contributed by atoms with E-state index in [1.807, 2.05) is 30.3 Å². The van der Waals surface area contributed by atoms with Gasteiger partial charge in [-0.2, -0.15) is 0 Å². The van der Waals surface area contributed by atoms with Gasteiger partial charge in [0.25, 0.3) is 0 Å². The predicted molar refractivity (Wildman–Crippen MR) is 103 cm³/mol. The number of benzene rings is 2. The van der Waals surface area contributed by atoms with Gasteiger partial charge in [0.2, 0.25) is 0 Å². The second kappa shape index (κ2) is 8.94. The molecule has 2 aromatic rings. The molecule has 0 saturated heterocycles. The quantitative estimate of drug-likeness (QED) is 0.357. The monoisotopic (exact) mass is 458 g/mol. The highest BCUT2D eigenvalue weighted by Crippen LogP contribution is 2.35. The van der Waals surface area contributed by atoms with E-state index in [0.717, 1.165) is 14.7 Å². The Balaban J connectivity index is 2.22. The van der Waals surface area contributed by atoms with E-state index in [9.17, 15) is 4.79 Å². The average Bonchev–Trinajstić information content (AvgIpc) is 2.59. The van der Waals surface area contributed by atoms with Gasteiger partial charge < -0.3 is 14.2 Å². The number of ether oxygens (including phenoxy) is 3. The molecular formula is C18H16ClIO4. The molecule has 0 N–H and O–H groups in total. The topological polar surface area (TPSA) is 44.8 Å². The summed E-state index contributed by atoms with van der Waals surface area (Å²) in [6.45, 7) is 0.337. The normalized spacial score (nSPS) is 10.7. The molecule has 0 amide bonds. The molecule has 4 nitrogen and oxygen atoms in total. The first-order chi connectivity index (χ1) is 11.5. The number of esters is 1. The van der Waals surface area contributed by atoms with Crippen molar-refractivity contribution in [3.8, 4) is 11.5 Å². The van der Waals surface area contributed by atoms with E-state index in [-0.39, 0.29) is 0 Å². The number of hydrogen-bond donors (Lipinski definition) is 0. The largest absolute Gasteiger partial charge is 0.493 e. The first-order valence-corrected chi connectivity index (χ1v) is 8.50. The third-order valence-corrected chi connectivity index (χ3v) is 4.36. The Bertz CT molecular complexity index is 759. The minimum absolute atomic E-state index is 0.337. The standard InChI is InChI=1S/C18H16ClIO4/c1-22-16-10-12(7-8-17(21)23-2)9-15(20)18(16)24-11-13-5-3-4-6-14(13)19/h3-10H,11H2,1-2H3/b8-7+. The van der Waals surface area contributed by atoms with Crippen LogP contribution in [-0.2, 0) is 16.1 Å². The molecule has 2 aromatic carbocycles. The molecule has 0 aromatic heterocycles. The predicted octanol–water partition coefficient (Wildman–Crippen LogP) is 4.72. The molecular weight excluding hydrogens is 443 g/mol. The fourth-order valence-corrected chi connectivity index (χ4v) is 2.95. The van der Waals surface area contributed by atoms with E-state index in [2.05, 4.69) is 27.3 Å². The fraction of sp³-hybridized carbons (Fsp3) is 0.167. The van der Waals surface area contributed by atoms with Gasteiger partial charge in [-0.15, -0.1) is 0 Å². The van der Waals surface area contributed by atoms with Crippen molar-refractivity contribution in [2.75, 3.05) is 14.2 Å². The molecule has 0 aliphatic rings. The van der Waals surface area contributed by atoms with E-state index in [4.69, 9.17) is 21.1 Å². The zero-order chi connectivity index (χ0) is 17.5. The molecule has 0 fully saturated rings. The molecule has 0 spiro atoms. The van der Waals surface area contributed by atoms with Crippen molar-refractivity contribution in [3.05, 3.63) is 62.2 Å². The third kappa shape index (κ3) is 4.88. The van der Waals surface area contributed by atoms with Gasteiger partial charge in [0.05, 0.1) is 17.8 Å². The second-order valence-electron chi connectivity index (χ2n) is 4.77. The number of methoxy groups -OCH3 is 2. The minimum atomic E-state index is -0.414. The number of carbonyl (C=O) groups excluding carboxylic acids is 1. The van der Waals surface area contributed by atoms with Crippen molar-refractivity contribution in [1.29, 1.82) is 0 Å². The van der Waals surface area contributed by atoms with Crippen LogP contribution in [0.1, 0.15) is 11.1 Å². The van der Waals surface area contributed by atoms with Crippen molar-refractivity contribution >= 4 is 46.2 Å². The molecule has 0 saturated carbocycles. The Morgan fingerprint density at radius 3 is 2.67 bits per heavy atom. The van der Waals surface area contributed by atoms with Gasteiger partial charge in [-0.1, -0.05) is 29.8 Å². The molecule has 0 bridgehead atoms. The molecule has 24 heavy (non-hydrogen) atoms. The van der Waals surface area contributed by atoms with Crippen molar-refractivity contribution in [3.63, 3.8) is 0 Å². The van der Waals surface area contributed by atoms with Crippen LogP contribution in [0.4, 0.5) is 0 Å². The molecule has 0 unspecified atom stereocenters. The fourth-order valence-electron chi connectivity index (χ4n) is 1.97. The van der Waals surface area contributed by atoms with Gasteiger partial charge in [0.1, 0.15) is 6.61 Å². The highest BCUT2D eigenvalue weighted by Gasteiger charge is 2.12. The molecule has 0 aliphatic heterocycles. The number of rotatable bonds is 6. The van der Waals surface area contributed by atoms with Crippen molar-refractivity contribution in [2.24, 2.45) is 0 Å². The first kappa shape index (κ1) is 18.6. The van der Waals surface area contributed by atoms with Crippen LogP contribution in [0.5, 0.6) is 11.5 Å². The lowest BCUT2D eigenvalue weighted by Gasteiger charge is -2.14. The zero-order valence-electron chi connectivity index (χ0n) is 13.2. The van der Waals surface area contributed by atoms with Gasteiger partial charge in [0, 0.05) is 16.7 Å². The van der Waals surface area contributed by atoms with Crippen molar-refractivity contribution in [2.45, 2.75) is 6.61 Å². The molecule has 0 heterocycles. The Morgan fingerprint density at radius 2 is 2.00 bits per heavy atom. The molecule has 0 aliphatic carbocycles. The van der Waals surface area contributed by atoms with E-state index in [1.54, 1.807) is 19.3 Å². The molecule has 0 atom stereocenters. The van der Waals surface area contributed by atoms with Crippen LogP contribution in [-0.4, -0.2) is 20.2 Å². The van der Waals surface area contributed by atoms with Crippen LogP contribution in [0.15, 0.2) is 42.5 Å². The minimum Gasteiger partial charge on any atom is -0.493 e. The molecule has 126 valence electrons. The van der Waals surface area contributed by atoms with E-state index in [0.29, 0.717) is 23.1 Å². The van der Waals surface area contributed by atoms with Gasteiger partial charge in [0.15, 0.2) is 11.5 Å². The summed E-state index contributed by atoms with van der Waals surface area (Å²) in [6, 6.07) is 11.2. The summed E-state index contributed by atoms with van der Waals surface area (Å²) in [6.07, 6.45) is 3.02. The summed E-state index contributed by atoms with van der Waals surface area (Å²) in [7, 11) is 2.91. The summed E-state index contributed by atoms with van der Waals surface area (Å²) < 4.78 is 16.8. The Morgan fingerprint density at radius 1 is 1.25 bits per heavy atom. The molecule has 2 rings (SSSR count). The lowest BCUT2D eigenvalue weighted by atomic mass is 10.2. The highest BCUT2D eigenvalue weighted by molar-refractivity contribution is 14.1. The Kier molecular flexibility index (Phi) is 6.93. The van der Waals surface area contributed by atoms with Crippen LogP contribution < -0.4 is 9.47 Å². The van der Waals surface area contributed by atoms with Crippen LogP contribution in [0.2, 0.25) is 5.02 Å². The maximum Gasteiger partial charge on any atom is 0.330 e. The number of halogens is 2. The van der Waals surface area contributed by atoms with E-state index >= 15 is 0 Å². The molecule has 6 heteroatoms. The smallest absolute Gasteiger partial charge is 0.330 e. The summed E-state index contributed by atoms with van der Waals surface area (Å²) in [4.78, 5) is 11.2. The number of carbonyl (C=O) groups is 1. The second-order valence-corrected chi connectivity index (χ2v) is 6.34. The average molecular weight is 459 g/mol. The van der Waals surface area contributed by atoms with E-state index in [1.165, 1.54) is 13.2 Å². The molecule has 0 radical (unpaired) electrons. The van der Waals surface area contributed by atoms with Gasteiger partial charge in [-0.05, 0) is 52.4 Å². The third-order valence-electron chi connectivity index (χ3n) is 3.19. The maximum atomic E-state index is 11.2. The highest BCUT2D eigenvalue weighted by atomic mass is 127. The SMILES string of the molecule is COC(=O)/C=C/c1cc(I)c(OCc2ccccc2Cl)c(OC)c1. The maximum absolute atomic E-state index is 11.2. The Labute approximate surface area is 159 Å². The van der Waals surface area contributed by atoms with Crippen LogP contribution in [0.25, 0.3) is 6.08 Å². The zero-order valence-corrected chi connectivity index (χ0v) is 16.1. The van der Waals surface area contributed by atoms with Crippen LogP contribution >= 0.6 is 34.2 Å². The lowest BCUT2D eigenvalue weighted by Crippen LogP contribution is -2.01. The van der Waals surface area contributed by atoms with Crippen molar-refractivity contribution < 1.29 is 19.0 Å². The summed E-state index contributed by atoms with van der Waals surface area (Å²) in [5.41, 5.74) is 1.71. The van der Waals surface area contributed by atoms with Crippen LogP contribution in [0.3, 0.4) is 0 Å².